The summed E-state index contributed by atoms with van der Waals surface area (Å²) >= 11 is 0. The molecule has 0 spiro atoms. The van der Waals surface area contributed by atoms with E-state index in [1.807, 2.05) is 80.6 Å². The molecule has 1 heterocycles. The molecule has 0 bridgehead atoms. The average Bonchev–Trinajstić information content (AvgIpc) is 2.73. The standard InChI is InChI=1S/C19H19NO2/c1-19(2)17(13-15-9-5-3-6-10-15)22-18(21)20(19)14-16-11-7-4-8-12-16/h3-13H,14H2,1-2H3/b17-13-. The highest BCUT2D eigenvalue weighted by molar-refractivity contribution is 5.76. The van der Waals surface area contributed by atoms with Crippen LogP contribution in [0.3, 0.4) is 0 Å². The van der Waals surface area contributed by atoms with Gasteiger partial charge in [0.1, 0.15) is 5.76 Å². The molecule has 3 rings (SSSR count). The van der Waals surface area contributed by atoms with Crippen molar-refractivity contribution in [2.24, 2.45) is 0 Å². The summed E-state index contributed by atoms with van der Waals surface area (Å²) < 4.78 is 5.51. The molecule has 1 aliphatic rings. The van der Waals surface area contributed by atoms with Gasteiger partial charge in [-0.2, -0.15) is 0 Å². The van der Waals surface area contributed by atoms with Gasteiger partial charge in [0, 0.05) is 0 Å². The summed E-state index contributed by atoms with van der Waals surface area (Å²) in [4.78, 5) is 14.0. The molecule has 0 atom stereocenters. The smallest absolute Gasteiger partial charge is 0.412 e. The van der Waals surface area contributed by atoms with Crippen LogP contribution in [0.1, 0.15) is 25.0 Å². The Morgan fingerprint density at radius 1 is 1.00 bits per heavy atom. The van der Waals surface area contributed by atoms with Gasteiger partial charge in [-0.25, -0.2) is 4.79 Å². The fourth-order valence-corrected chi connectivity index (χ4v) is 2.57. The Balaban J connectivity index is 1.88. The van der Waals surface area contributed by atoms with E-state index in [-0.39, 0.29) is 6.09 Å². The lowest BCUT2D eigenvalue weighted by Gasteiger charge is -2.28. The van der Waals surface area contributed by atoms with Gasteiger partial charge in [-0.15, -0.1) is 0 Å². The van der Waals surface area contributed by atoms with E-state index < -0.39 is 5.54 Å². The van der Waals surface area contributed by atoms with E-state index in [4.69, 9.17) is 4.74 Å². The largest absolute Gasteiger partial charge is 0.416 e. The summed E-state index contributed by atoms with van der Waals surface area (Å²) in [5, 5.41) is 0. The Bertz CT molecular complexity index is 690. The van der Waals surface area contributed by atoms with Crippen LogP contribution in [0.4, 0.5) is 4.79 Å². The molecule has 1 saturated heterocycles. The topological polar surface area (TPSA) is 29.5 Å². The quantitative estimate of drug-likeness (QED) is 0.836. The van der Waals surface area contributed by atoms with Crippen molar-refractivity contribution in [3.8, 4) is 0 Å². The first-order valence-electron chi connectivity index (χ1n) is 7.38. The highest BCUT2D eigenvalue weighted by Gasteiger charge is 2.44. The molecule has 0 aliphatic carbocycles. The molecule has 0 unspecified atom stereocenters. The SMILES string of the molecule is CC1(C)/C(=C/c2ccccc2)OC(=O)N1Cc1ccccc1. The number of cyclic esters (lactones) is 1. The number of benzene rings is 2. The fourth-order valence-electron chi connectivity index (χ4n) is 2.57. The number of carbonyl (C=O) groups is 1. The van der Waals surface area contributed by atoms with Crippen LogP contribution in [-0.2, 0) is 11.3 Å². The van der Waals surface area contributed by atoms with Crippen LogP contribution in [0, 0.1) is 0 Å². The molecule has 2 aromatic rings. The molecule has 112 valence electrons. The average molecular weight is 293 g/mol. The van der Waals surface area contributed by atoms with Crippen LogP contribution >= 0.6 is 0 Å². The first kappa shape index (κ1) is 14.4. The van der Waals surface area contributed by atoms with E-state index in [0.29, 0.717) is 12.3 Å². The molecule has 1 amide bonds. The van der Waals surface area contributed by atoms with Gasteiger partial charge in [0.25, 0.3) is 0 Å². The third-order valence-electron chi connectivity index (χ3n) is 3.98. The Kier molecular flexibility index (Phi) is 3.72. The monoisotopic (exact) mass is 293 g/mol. The molecule has 22 heavy (non-hydrogen) atoms. The minimum absolute atomic E-state index is 0.295. The normalized spacial score (nSPS) is 18.5. The van der Waals surface area contributed by atoms with Gasteiger partial charge in [0.2, 0.25) is 0 Å². The molecule has 3 heteroatoms. The third-order valence-corrected chi connectivity index (χ3v) is 3.98. The Hall–Kier alpha value is -2.55. The van der Waals surface area contributed by atoms with Gasteiger partial charge in [0.05, 0.1) is 12.1 Å². The van der Waals surface area contributed by atoms with Crippen molar-refractivity contribution in [2.45, 2.75) is 25.9 Å². The maximum atomic E-state index is 12.3. The zero-order valence-corrected chi connectivity index (χ0v) is 12.8. The Morgan fingerprint density at radius 3 is 2.23 bits per heavy atom. The summed E-state index contributed by atoms with van der Waals surface area (Å²) in [6, 6.07) is 19.9. The second-order valence-corrected chi connectivity index (χ2v) is 5.92. The molecule has 0 radical (unpaired) electrons. The minimum Gasteiger partial charge on any atom is -0.412 e. The van der Waals surface area contributed by atoms with Crippen molar-refractivity contribution in [1.82, 2.24) is 4.90 Å². The number of nitrogens with zero attached hydrogens (tertiary/aromatic N) is 1. The maximum Gasteiger partial charge on any atom is 0.416 e. The molecule has 0 saturated carbocycles. The number of amides is 1. The second-order valence-electron chi connectivity index (χ2n) is 5.92. The number of rotatable bonds is 3. The van der Waals surface area contributed by atoms with Gasteiger partial charge in [-0.05, 0) is 31.1 Å². The minimum atomic E-state index is -0.469. The second kappa shape index (κ2) is 5.68. The summed E-state index contributed by atoms with van der Waals surface area (Å²) in [7, 11) is 0. The third kappa shape index (κ3) is 2.75. The van der Waals surface area contributed by atoms with Crippen molar-refractivity contribution in [1.29, 1.82) is 0 Å². The number of ether oxygens (including phenoxy) is 1. The lowest BCUT2D eigenvalue weighted by Crippen LogP contribution is -2.40. The molecular weight excluding hydrogens is 274 g/mol. The van der Waals surface area contributed by atoms with Gasteiger partial charge < -0.3 is 4.74 Å². The van der Waals surface area contributed by atoms with Crippen molar-refractivity contribution in [3.05, 3.63) is 77.5 Å². The predicted octanol–water partition coefficient (Wildman–Crippen LogP) is 4.46. The lowest BCUT2D eigenvalue weighted by atomic mass is 9.98. The highest BCUT2D eigenvalue weighted by Crippen LogP contribution is 2.35. The van der Waals surface area contributed by atoms with Crippen molar-refractivity contribution < 1.29 is 9.53 Å². The Labute approximate surface area is 130 Å². The molecule has 2 aromatic carbocycles. The molecule has 1 aliphatic heterocycles. The molecule has 1 fully saturated rings. The van der Waals surface area contributed by atoms with Crippen LogP contribution < -0.4 is 0 Å². The molecule has 0 aromatic heterocycles. The van der Waals surface area contributed by atoms with Gasteiger partial charge in [0.15, 0.2) is 0 Å². The molecule has 3 nitrogen and oxygen atoms in total. The number of hydrogen-bond acceptors (Lipinski definition) is 2. The fraction of sp³-hybridized carbons (Fsp3) is 0.211. The highest BCUT2D eigenvalue weighted by atomic mass is 16.6. The molecule has 0 N–H and O–H groups in total. The summed E-state index contributed by atoms with van der Waals surface area (Å²) in [6.45, 7) is 4.56. The number of carbonyl (C=O) groups excluding carboxylic acids is 1. The first-order valence-corrected chi connectivity index (χ1v) is 7.38. The van der Waals surface area contributed by atoms with Crippen LogP contribution in [0.25, 0.3) is 6.08 Å². The van der Waals surface area contributed by atoms with E-state index in [1.54, 1.807) is 4.90 Å². The zero-order chi connectivity index (χ0) is 15.6. The van der Waals surface area contributed by atoms with Gasteiger partial charge in [-0.3, -0.25) is 4.90 Å². The summed E-state index contributed by atoms with van der Waals surface area (Å²) in [6.07, 6.45) is 1.64. The van der Waals surface area contributed by atoms with Crippen molar-refractivity contribution >= 4 is 12.2 Å². The lowest BCUT2D eigenvalue weighted by molar-refractivity contribution is 0.154. The van der Waals surface area contributed by atoms with Crippen LogP contribution in [0.15, 0.2) is 66.4 Å². The van der Waals surface area contributed by atoms with Crippen molar-refractivity contribution in [2.75, 3.05) is 0 Å². The van der Waals surface area contributed by atoms with Crippen molar-refractivity contribution in [3.63, 3.8) is 0 Å². The van der Waals surface area contributed by atoms with Gasteiger partial charge >= 0.3 is 6.09 Å². The van der Waals surface area contributed by atoms with E-state index in [1.165, 1.54) is 0 Å². The van der Waals surface area contributed by atoms with E-state index in [9.17, 15) is 4.79 Å². The van der Waals surface area contributed by atoms with E-state index in [0.717, 1.165) is 11.1 Å². The summed E-state index contributed by atoms with van der Waals surface area (Å²) in [5.41, 5.74) is 1.65. The van der Waals surface area contributed by atoms with E-state index >= 15 is 0 Å². The maximum absolute atomic E-state index is 12.3. The van der Waals surface area contributed by atoms with Crippen LogP contribution in [-0.4, -0.2) is 16.5 Å². The zero-order valence-electron chi connectivity index (χ0n) is 12.8. The predicted molar refractivity (Wildman–Crippen MR) is 87.0 cm³/mol. The summed E-state index contributed by atoms with van der Waals surface area (Å²) in [5.74, 6) is 0.680. The molecular formula is C19H19NO2. The number of hydrogen-bond donors (Lipinski definition) is 0. The van der Waals surface area contributed by atoms with Crippen LogP contribution in [0.2, 0.25) is 0 Å². The Morgan fingerprint density at radius 2 is 1.59 bits per heavy atom. The first-order chi connectivity index (χ1) is 10.6. The van der Waals surface area contributed by atoms with Gasteiger partial charge in [-0.1, -0.05) is 60.7 Å². The van der Waals surface area contributed by atoms with E-state index in [2.05, 4.69) is 0 Å². The van der Waals surface area contributed by atoms with Crippen LogP contribution in [0.5, 0.6) is 0 Å².